The highest BCUT2D eigenvalue weighted by Crippen LogP contribution is 2.05. The number of guanidine groups is 1. The molecule has 0 aromatic rings. The number of hydrogen-bond donors (Lipinski definition) is 5. The monoisotopic (exact) mass is 254 g/mol. The van der Waals surface area contributed by atoms with Crippen LogP contribution in [0.25, 0.3) is 0 Å². The number of hydrogen-bond acceptors (Lipinski definition) is 4. The zero-order valence-corrected chi connectivity index (χ0v) is 10.3. The van der Waals surface area contributed by atoms with Crippen molar-refractivity contribution in [2.24, 2.45) is 5.73 Å². The van der Waals surface area contributed by atoms with Gasteiger partial charge in [0, 0.05) is 6.54 Å². The Hall–Kier alpha value is -1.63. The molecular weight excluding hydrogens is 234 g/mol. The largest absolute Gasteiger partial charge is 0.370 e. The SMILES string of the molecule is N=C(N)NCCC[C@@H]([C]=O)NC(=O)[C@@H]1CCCN1. The first-order chi connectivity index (χ1) is 8.63. The minimum atomic E-state index is -0.589. The fourth-order valence-corrected chi connectivity index (χ4v) is 1.87. The fraction of sp³-hybridized carbons (Fsp3) is 0.727. The Balaban J connectivity index is 2.21. The van der Waals surface area contributed by atoms with Gasteiger partial charge in [-0.25, -0.2) is 0 Å². The Bertz CT molecular complexity index is 302. The topological polar surface area (TPSA) is 120 Å². The number of nitrogens with two attached hydrogens (primary N) is 1. The third-order valence-electron chi connectivity index (χ3n) is 2.82. The lowest BCUT2D eigenvalue weighted by molar-refractivity contribution is -0.123. The van der Waals surface area contributed by atoms with Gasteiger partial charge in [-0.05, 0) is 32.2 Å². The number of rotatable bonds is 7. The van der Waals surface area contributed by atoms with E-state index < -0.39 is 6.04 Å². The summed E-state index contributed by atoms with van der Waals surface area (Å²) in [5, 5.41) is 15.3. The van der Waals surface area contributed by atoms with E-state index in [0.29, 0.717) is 19.4 Å². The lowest BCUT2D eigenvalue weighted by atomic mass is 10.1. The molecule has 7 nitrogen and oxygen atoms in total. The maximum Gasteiger partial charge on any atom is 0.237 e. The molecule has 101 valence electrons. The van der Waals surface area contributed by atoms with Gasteiger partial charge in [-0.3, -0.25) is 15.0 Å². The molecule has 0 aromatic heterocycles. The normalized spacial score (nSPS) is 20.1. The Morgan fingerprint density at radius 3 is 2.94 bits per heavy atom. The van der Waals surface area contributed by atoms with Crippen molar-refractivity contribution in [3.8, 4) is 0 Å². The van der Waals surface area contributed by atoms with Crippen LogP contribution >= 0.6 is 0 Å². The minimum Gasteiger partial charge on any atom is -0.370 e. The summed E-state index contributed by atoms with van der Waals surface area (Å²) in [6.07, 6.45) is 4.74. The molecule has 0 aliphatic carbocycles. The van der Waals surface area contributed by atoms with Gasteiger partial charge in [0.2, 0.25) is 12.2 Å². The molecule has 0 saturated carbocycles. The van der Waals surface area contributed by atoms with E-state index in [1.807, 2.05) is 6.29 Å². The summed E-state index contributed by atoms with van der Waals surface area (Å²) in [7, 11) is 0. The average molecular weight is 254 g/mol. The summed E-state index contributed by atoms with van der Waals surface area (Å²) in [5.41, 5.74) is 5.12. The van der Waals surface area contributed by atoms with Gasteiger partial charge < -0.3 is 21.7 Å². The van der Waals surface area contributed by atoms with E-state index in [2.05, 4.69) is 16.0 Å². The van der Waals surface area contributed by atoms with E-state index in [1.165, 1.54) is 0 Å². The molecule has 7 heteroatoms. The van der Waals surface area contributed by atoms with Crippen molar-refractivity contribution in [2.75, 3.05) is 13.1 Å². The molecule has 0 bridgehead atoms. The Kier molecular flexibility index (Phi) is 6.13. The molecule has 0 aromatic carbocycles. The minimum absolute atomic E-state index is 0.0965. The molecule has 0 spiro atoms. The van der Waals surface area contributed by atoms with Crippen molar-refractivity contribution < 1.29 is 9.59 Å². The highest BCUT2D eigenvalue weighted by Gasteiger charge is 2.23. The van der Waals surface area contributed by atoms with E-state index in [4.69, 9.17) is 11.1 Å². The third kappa shape index (κ3) is 5.13. The van der Waals surface area contributed by atoms with Crippen LogP contribution in [-0.4, -0.2) is 43.3 Å². The van der Waals surface area contributed by atoms with Crippen molar-refractivity contribution >= 4 is 18.2 Å². The molecule has 1 fully saturated rings. The lowest BCUT2D eigenvalue weighted by Gasteiger charge is -2.15. The van der Waals surface area contributed by atoms with Crippen LogP contribution in [0.4, 0.5) is 0 Å². The van der Waals surface area contributed by atoms with Gasteiger partial charge in [0.15, 0.2) is 5.96 Å². The number of nitrogens with one attached hydrogen (secondary N) is 4. The van der Waals surface area contributed by atoms with Crippen LogP contribution in [0.5, 0.6) is 0 Å². The molecule has 0 unspecified atom stereocenters. The standard InChI is InChI=1S/C11H20N5O2/c12-11(13)15-6-1-3-8(7-17)16-10(18)9-4-2-5-14-9/h8-9,14H,1-6H2,(H,16,18)(H4,12,13,15)/t8-,9-/m0/s1. The zero-order valence-electron chi connectivity index (χ0n) is 10.3. The van der Waals surface area contributed by atoms with Crippen LogP contribution in [0.3, 0.4) is 0 Å². The molecule has 1 radical (unpaired) electrons. The van der Waals surface area contributed by atoms with E-state index in [1.54, 1.807) is 0 Å². The molecular formula is C11H20N5O2. The van der Waals surface area contributed by atoms with Crippen LogP contribution in [0.15, 0.2) is 0 Å². The summed E-state index contributed by atoms with van der Waals surface area (Å²) in [5.74, 6) is -0.235. The number of carbonyl (C=O) groups excluding carboxylic acids is 2. The second-order valence-corrected chi connectivity index (χ2v) is 4.31. The first kappa shape index (κ1) is 14.4. The van der Waals surface area contributed by atoms with Crippen molar-refractivity contribution in [1.82, 2.24) is 16.0 Å². The van der Waals surface area contributed by atoms with Crippen LogP contribution < -0.4 is 21.7 Å². The third-order valence-corrected chi connectivity index (χ3v) is 2.82. The van der Waals surface area contributed by atoms with E-state index in [-0.39, 0.29) is 17.9 Å². The van der Waals surface area contributed by atoms with Crippen molar-refractivity contribution in [3.05, 3.63) is 0 Å². The molecule has 18 heavy (non-hydrogen) atoms. The quantitative estimate of drug-likeness (QED) is 0.217. The summed E-state index contributed by atoms with van der Waals surface area (Å²) < 4.78 is 0. The van der Waals surface area contributed by atoms with Crippen LogP contribution in [-0.2, 0) is 9.59 Å². The average Bonchev–Trinajstić information content (AvgIpc) is 2.86. The molecule has 1 aliphatic heterocycles. The van der Waals surface area contributed by atoms with Gasteiger partial charge in [-0.2, -0.15) is 0 Å². The summed E-state index contributed by atoms with van der Waals surface area (Å²) in [6, 6.07) is -0.773. The molecule has 1 heterocycles. The Morgan fingerprint density at radius 2 is 2.39 bits per heavy atom. The molecule has 6 N–H and O–H groups in total. The molecule has 1 aliphatic rings. The first-order valence-corrected chi connectivity index (χ1v) is 6.13. The van der Waals surface area contributed by atoms with Crippen LogP contribution in [0.2, 0.25) is 0 Å². The number of amides is 1. The van der Waals surface area contributed by atoms with Gasteiger partial charge in [0.1, 0.15) is 0 Å². The van der Waals surface area contributed by atoms with Crippen LogP contribution in [0.1, 0.15) is 25.7 Å². The molecule has 1 rings (SSSR count). The first-order valence-electron chi connectivity index (χ1n) is 6.13. The van der Waals surface area contributed by atoms with Crippen LogP contribution in [0, 0.1) is 5.41 Å². The van der Waals surface area contributed by atoms with Gasteiger partial charge in [0.25, 0.3) is 0 Å². The Morgan fingerprint density at radius 1 is 1.61 bits per heavy atom. The summed E-state index contributed by atoms with van der Waals surface area (Å²) >= 11 is 0. The highest BCUT2D eigenvalue weighted by atomic mass is 16.2. The predicted molar refractivity (Wildman–Crippen MR) is 67.8 cm³/mol. The van der Waals surface area contributed by atoms with E-state index in [9.17, 15) is 9.59 Å². The smallest absolute Gasteiger partial charge is 0.237 e. The number of carbonyl (C=O) groups is 1. The summed E-state index contributed by atoms with van der Waals surface area (Å²) in [6.45, 7) is 1.35. The molecule has 1 amide bonds. The maximum atomic E-state index is 11.7. The highest BCUT2D eigenvalue weighted by molar-refractivity contribution is 5.84. The van der Waals surface area contributed by atoms with Gasteiger partial charge in [-0.1, -0.05) is 0 Å². The zero-order chi connectivity index (χ0) is 13.4. The van der Waals surface area contributed by atoms with Crippen molar-refractivity contribution in [1.29, 1.82) is 5.41 Å². The van der Waals surface area contributed by atoms with Crippen molar-refractivity contribution in [2.45, 2.75) is 37.8 Å². The second kappa shape index (κ2) is 7.65. The van der Waals surface area contributed by atoms with E-state index >= 15 is 0 Å². The fourth-order valence-electron chi connectivity index (χ4n) is 1.87. The van der Waals surface area contributed by atoms with Gasteiger partial charge >= 0.3 is 0 Å². The predicted octanol–water partition coefficient (Wildman–Crippen LogP) is -1.40. The molecule has 1 saturated heterocycles. The lowest BCUT2D eigenvalue weighted by Crippen LogP contribution is -2.46. The van der Waals surface area contributed by atoms with Gasteiger partial charge in [-0.15, -0.1) is 0 Å². The summed E-state index contributed by atoms with van der Waals surface area (Å²) in [4.78, 5) is 22.5. The second-order valence-electron chi connectivity index (χ2n) is 4.31. The van der Waals surface area contributed by atoms with E-state index in [0.717, 1.165) is 19.4 Å². The maximum absolute atomic E-state index is 11.7. The van der Waals surface area contributed by atoms with Crippen molar-refractivity contribution in [3.63, 3.8) is 0 Å². The molecule has 2 atom stereocenters. The Labute approximate surface area is 106 Å². The van der Waals surface area contributed by atoms with Gasteiger partial charge in [0.05, 0.1) is 12.1 Å².